The van der Waals surface area contributed by atoms with Gasteiger partial charge in [0, 0.05) is 27.5 Å². The van der Waals surface area contributed by atoms with Gasteiger partial charge in [0.05, 0.1) is 39.2 Å². The molecule has 0 radical (unpaired) electrons. The summed E-state index contributed by atoms with van der Waals surface area (Å²) in [5, 5.41) is 2.56. The molecule has 10 aromatic carbocycles. The number of hydrogen-bond acceptors (Lipinski definition) is 1. The first kappa shape index (κ1) is 35.5. The van der Waals surface area contributed by atoms with Gasteiger partial charge in [0.15, 0.2) is 0 Å². The lowest BCUT2D eigenvalue weighted by molar-refractivity contribution is 0.748. The highest BCUT2D eigenvalue weighted by atomic mass is 15.2. The molecule has 0 bridgehead atoms. The highest BCUT2D eigenvalue weighted by Crippen LogP contribution is 2.63. The standard InChI is InChI=1S/C61H40N2/c1-3-20-41(21-4-1)43-24-17-25-44(40-43)46-27-9-14-36-55(46)62(54-35-13-8-26-45(54)42-22-5-2-6-23-42)58-39-19-33-52-59(58)49-29-7-11-31-50(49)61(52)51-32-12-16-38-57(51)63-56-37-15-10-28-47(56)48-30-18-34-53(61)60(48)63/h1-40H. The summed E-state index contributed by atoms with van der Waals surface area (Å²) in [7, 11) is 0. The van der Waals surface area contributed by atoms with Crippen molar-refractivity contribution in [3.63, 3.8) is 0 Å². The van der Waals surface area contributed by atoms with Gasteiger partial charge >= 0.3 is 0 Å². The van der Waals surface area contributed by atoms with E-state index in [-0.39, 0.29) is 0 Å². The van der Waals surface area contributed by atoms with Gasteiger partial charge in [0.1, 0.15) is 0 Å². The minimum absolute atomic E-state index is 0.573. The summed E-state index contributed by atoms with van der Waals surface area (Å²) in [5.74, 6) is 0. The minimum Gasteiger partial charge on any atom is -0.309 e. The zero-order valence-electron chi connectivity index (χ0n) is 34.5. The molecule has 1 aliphatic carbocycles. The van der Waals surface area contributed by atoms with Crippen molar-refractivity contribution in [2.75, 3.05) is 4.90 Å². The molecule has 2 aliphatic rings. The number of anilines is 3. The van der Waals surface area contributed by atoms with Crippen molar-refractivity contribution in [2.24, 2.45) is 0 Å². The van der Waals surface area contributed by atoms with E-state index in [1.54, 1.807) is 0 Å². The average Bonchev–Trinajstić information content (AvgIpc) is 3.86. The van der Waals surface area contributed by atoms with Crippen molar-refractivity contribution in [2.45, 2.75) is 5.41 Å². The minimum atomic E-state index is -0.573. The van der Waals surface area contributed by atoms with Crippen molar-refractivity contribution < 1.29 is 0 Å². The normalized spacial score (nSPS) is 14.4. The van der Waals surface area contributed by atoms with Crippen LogP contribution in [0.4, 0.5) is 17.1 Å². The lowest BCUT2D eigenvalue weighted by atomic mass is 9.65. The lowest BCUT2D eigenvalue weighted by Crippen LogP contribution is -2.33. The van der Waals surface area contributed by atoms with Crippen LogP contribution >= 0.6 is 0 Å². The van der Waals surface area contributed by atoms with E-state index in [0.717, 1.165) is 22.6 Å². The molecule has 0 saturated carbocycles. The molecule has 2 nitrogen and oxygen atoms in total. The van der Waals surface area contributed by atoms with Gasteiger partial charge in [-0.25, -0.2) is 0 Å². The molecule has 0 amide bonds. The Morgan fingerprint density at radius 3 is 1.62 bits per heavy atom. The monoisotopic (exact) mass is 800 g/mol. The fraction of sp³-hybridized carbons (Fsp3) is 0.0164. The van der Waals surface area contributed by atoms with E-state index in [1.807, 2.05) is 0 Å². The second-order valence-electron chi connectivity index (χ2n) is 16.7. The third-order valence-electron chi connectivity index (χ3n) is 13.6. The molecular weight excluding hydrogens is 761 g/mol. The van der Waals surface area contributed by atoms with Gasteiger partial charge in [-0.2, -0.15) is 0 Å². The molecule has 63 heavy (non-hydrogen) atoms. The summed E-state index contributed by atoms with van der Waals surface area (Å²) in [6.45, 7) is 0. The van der Waals surface area contributed by atoms with Crippen LogP contribution in [0.25, 0.3) is 72.0 Å². The number of benzene rings is 10. The summed E-state index contributed by atoms with van der Waals surface area (Å²) in [6.07, 6.45) is 0. The third kappa shape index (κ3) is 5.07. The molecule has 0 fully saturated rings. The highest BCUT2D eigenvalue weighted by Gasteiger charge is 2.51. The van der Waals surface area contributed by atoms with Crippen LogP contribution in [0.15, 0.2) is 243 Å². The molecule has 294 valence electrons. The lowest BCUT2D eigenvalue weighted by Gasteiger charge is -2.39. The fourth-order valence-corrected chi connectivity index (χ4v) is 11.1. The molecule has 0 saturated heterocycles. The van der Waals surface area contributed by atoms with Crippen LogP contribution in [0.5, 0.6) is 0 Å². The van der Waals surface area contributed by atoms with Crippen molar-refractivity contribution >= 4 is 38.9 Å². The van der Waals surface area contributed by atoms with Gasteiger partial charge in [-0.3, -0.25) is 0 Å². The number of fused-ring (bicyclic) bond motifs is 12. The first-order valence-electron chi connectivity index (χ1n) is 21.9. The van der Waals surface area contributed by atoms with E-state index in [4.69, 9.17) is 0 Å². The predicted molar refractivity (Wildman–Crippen MR) is 263 cm³/mol. The molecule has 1 aliphatic heterocycles. The Labute approximate surface area is 367 Å². The van der Waals surface area contributed by atoms with Crippen molar-refractivity contribution in [1.29, 1.82) is 0 Å². The van der Waals surface area contributed by atoms with Crippen LogP contribution in [-0.2, 0) is 5.41 Å². The molecular formula is C61H40N2. The van der Waals surface area contributed by atoms with Gasteiger partial charge in [-0.1, -0.05) is 206 Å². The van der Waals surface area contributed by atoms with Gasteiger partial charge in [0.2, 0.25) is 0 Å². The molecule has 2 heterocycles. The molecule has 1 unspecified atom stereocenters. The zero-order chi connectivity index (χ0) is 41.5. The smallest absolute Gasteiger partial charge is 0.0755 e. The van der Waals surface area contributed by atoms with Crippen molar-refractivity contribution in [1.82, 2.24) is 4.57 Å². The number of aromatic nitrogens is 1. The van der Waals surface area contributed by atoms with Gasteiger partial charge < -0.3 is 9.47 Å². The largest absolute Gasteiger partial charge is 0.309 e. The Hall–Kier alpha value is -8.20. The van der Waals surface area contributed by atoms with Gasteiger partial charge in [0.25, 0.3) is 0 Å². The van der Waals surface area contributed by atoms with E-state index in [9.17, 15) is 0 Å². The van der Waals surface area contributed by atoms with Gasteiger partial charge in [-0.05, 0) is 86.5 Å². The first-order valence-corrected chi connectivity index (χ1v) is 21.9. The topological polar surface area (TPSA) is 8.17 Å². The number of nitrogens with zero attached hydrogens (tertiary/aromatic N) is 2. The van der Waals surface area contributed by atoms with Crippen molar-refractivity contribution in [3.8, 4) is 50.2 Å². The van der Waals surface area contributed by atoms with E-state index in [2.05, 4.69) is 252 Å². The summed E-state index contributed by atoms with van der Waals surface area (Å²) >= 11 is 0. The Bertz CT molecular complexity index is 3580. The molecule has 0 N–H and O–H groups in total. The molecule has 11 aromatic rings. The molecule has 13 rings (SSSR count). The summed E-state index contributed by atoms with van der Waals surface area (Å²) in [4.78, 5) is 2.55. The Kier molecular flexibility index (Phi) is 7.85. The maximum atomic E-state index is 2.55. The first-order chi connectivity index (χ1) is 31.3. The second-order valence-corrected chi connectivity index (χ2v) is 16.7. The second kappa shape index (κ2) is 13.9. The number of para-hydroxylation sites is 5. The SMILES string of the molecule is c1ccc(-c2cccc(-c3ccccc3N(c3ccccc3-c3ccccc3)c3cccc4c3-c3ccccc3C43c4ccccc4-n4c5ccccc5c5cccc3c54)c2)cc1. The number of hydrogen-bond donors (Lipinski definition) is 0. The van der Waals surface area contributed by atoms with Crippen LogP contribution in [0.1, 0.15) is 22.3 Å². The molecule has 2 heteroatoms. The fourth-order valence-electron chi connectivity index (χ4n) is 11.1. The molecule has 1 aromatic heterocycles. The van der Waals surface area contributed by atoms with E-state index < -0.39 is 5.41 Å². The Morgan fingerprint density at radius 2 is 0.825 bits per heavy atom. The highest BCUT2D eigenvalue weighted by molar-refractivity contribution is 6.13. The summed E-state index contributed by atoms with van der Waals surface area (Å²) < 4.78 is 2.52. The maximum Gasteiger partial charge on any atom is 0.0755 e. The van der Waals surface area contributed by atoms with Crippen LogP contribution in [0, 0.1) is 0 Å². The van der Waals surface area contributed by atoms with E-state index in [1.165, 1.54) is 88.7 Å². The van der Waals surface area contributed by atoms with Crippen LogP contribution in [0.3, 0.4) is 0 Å². The predicted octanol–water partition coefficient (Wildman–Crippen LogP) is 15.9. The quantitative estimate of drug-likeness (QED) is 0.163. The Morgan fingerprint density at radius 1 is 0.317 bits per heavy atom. The summed E-state index contributed by atoms with van der Waals surface area (Å²) in [5.41, 5.74) is 21.3. The summed E-state index contributed by atoms with van der Waals surface area (Å²) in [6, 6.07) is 89.6. The van der Waals surface area contributed by atoms with Crippen LogP contribution in [-0.4, -0.2) is 4.57 Å². The van der Waals surface area contributed by atoms with Crippen LogP contribution < -0.4 is 4.90 Å². The van der Waals surface area contributed by atoms with E-state index >= 15 is 0 Å². The zero-order valence-corrected chi connectivity index (χ0v) is 34.5. The molecule has 1 spiro atoms. The molecule has 1 atom stereocenters. The Balaban J connectivity index is 1.14. The van der Waals surface area contributed by atoms with Gasteiger partial charge in [-0.15, -0.1) is 0 Å². The third-order valence-corrected chi connectivity index (χ3v) is 13.6. The average molecular weight is 801 g/mol. The maximum absolute atomic E-state index is 2.55. The van der Waals surface area contributed by atoms with Crippen LogP contribution in [0.2, 0.25) is 0 Å². The van der Waals surface area contributed by atoms with Crippen molar-refractivity contribution in [3.05, 3.63) is 265 Å². The number of rotatable bonds is 6. The van der Waals surface area contributed by atoms with E-state index in [0.29, 0.717) is 0 Å².